The SMILES string of the molecule is N#CCO/N=C(/C(=O)NC1C(=O)N2C(C(=O)[O-])=C(C[n+]3ccn4ccccc43)CSC12)c1nsc(N)n1. The molecule has 1 fully saturated rings. The Labute approximate surface area is 216 Å². The van der Waals surface area contributed by atoms with Gasteiger partial charge in [-0.2, -0.15) is 14.6 Å². The molecule has 3 aromatic heterocycles. The van der Waals surface area contributed by atoms with Gasteiger partial charge in [0.1, 0.15) is 36.4 Å². The fourth-order valence-electron chi connectivity index (χ4n) is 4.03. The van der Waals surface area contributed by atoms with E-state index < -0.39 is 35.8 Å². The van der Waals surface area contributed by atoms with Crippen molar-refractivity contribution in [3.8, 4) is 6.07 Å². The topological polar surface area (TPSA) is 195 Å². The highest BCUT2D eigenvalue weighted by Crippen LogP contribution is 2.40. The highest BCUT2D eigenvalue weighted by atomic mass is 32.2. The van der Waals surface area contributed by atoms with Gasteiger partial charge in [0.25, 0.3) is 17.5 Å². The van der Waals surface area contributed by atoms with E-state index in [1.165, 1.54) is 11.8 Å². The van der Waals surface area contributed by atoms with Crippen LogP contribution in [-0.2, 0) is 25.8 Å². The first-order chi connectivity index (χ1) is 17.9. The number of nitrogens with two attached hydrogens (primary N) is 1. The Morgan fingerprint density at radius 1 is 1.41 bits per heavy atom. The molecule has 0 aliphatic carbocycles. The minimum Gasteiger partial charge on any atom is -0.543 e. The second-order valence-corrected chi connectivity index (χ2v) is 9.71. The molecule has 0 radical (unpaired) electrons. The number of fused-ring (bicyclic) bond motifs is 2. The molecule has 14 nitrogen and oxygen atoms in total. The van der Waals surface area contributed by atoms with Gasteiger partial charge in [-0.1, -0.05) is 11.2 Å². The maximum absolute atomic E-state index is 13.0. The van der Waals surface area contributed by atoms with Crippen molar-refractivity contribution in [2.24, 2.45) is 5.16 Å². The first-order valence-corrected chi connectivity index (χ1v) is 12.5. The minimum absolute atomic E-state index is 0.0784. The van der Waals surface area contributed by atoms with Crippen LogP contribution in [0.4, 0.5) is 5.13 Å². The molecule has 0 spiro atoms. The summed E-state index contributed by atoms with van der Waals surface area (Å²) in [7, 11) is 0. The number of anilines is 1. The summed E-state index contributed by atoms with van der Waals surface area (Å²) in [6, 6.07) is 6.32. The summed E-state index contributed by atoms with van der Waals surface area (Å²) < 4.78 is 7.69. The first kappa shape index (κ1) is 24.2. The van der Waals surface area contributed by atoms with Crippen LogP contribution in [0.2, 0.25) is 0 Å². The highest BCUT2D eigenvalue weighted by Gasteiger charge is 2.53. The van der Waals surface area contributed by atoms with Crippen molar-refractivity contribution in [3.05, 3.63) is 53.9 Å². The van der Waals surface area contributed by atoms with Crippen LogP contribution < -0.4 is 20.7 Å². The number of oxime groups is 1. The number of pyridine rings is 1. The molecule has 16 heteroatoms. The summed E-state index contributed by atoms with van der Waals surface area (Å²) in [5.74, 6) is -2.76. The number of rotatable bonds is 8. The van der Waals surface area contributed by atoms with Crippen molar-refractivity contribution < 1.29 is 28.9 Å². The third-order valence-electron chi connectivity index (χ3n) is 5.61. The van der Waals surface area contributed by atoms with E-state index in [4.69, 9.17) is 15.8 Å². The lowest BCUT2D eigenvalue weighted by Gasteiger charge is -2.50. The number of hydrogen-bond donors (Lipinski definition) is 2. The van der Waals surface area contributed by atoms with Gasteiger partial charge >= 0.3 is 0 Å². The standard InChI is InChI=1S/C21H17N9O5S2/c22-4-8-35-26-13(16-25-21(23)37-27-16)17(31)24-14-18(32)30-15(20(33)34)11(10-36-19(14)30)9-29-7-6-28-5-2-1-3-12(28)29/h1-3,5-7,14,19H,8-10H2,(H3-,23,24,25,27,31,33,34)/b26-13+. The fourth-order valence-corrected chi connectivity index (χ4v) is 5.80. The molecular formula is C21H17N9O5S2. The molecule has 188 valence electrons. The number of amides is 2. The maximum atomic E-state index is 13.0. The molecule has 3 N–H and O–H groups in total. The van der Waals surface area contributed by atoms with E-state index in [0.29, 0.717) is 11.3 Å². The van der Waals surface area contributed by atoms with Crippen molar-refractivity contribution in [1.82, 2.24) is 24.0 Å². The van der Waals surface area contributed by atoms with Crippen LogP contribution in [0.15, 0.2) is 53.2 Å². The molecule has 2 aliphatic rings. The summed E-state index contributed by atoms with van der Waals surface area (Å²) in [6.45, 7) is -0.183. The molecule has 0 aromatic carbocycles. The Kier molecular flexibility index (Phi) is 6.46. The lowest BCUT2D eigenvalue weighted by molar-refractivity contribution is -0.662. The van der Waals surface area contributed by atoms with Crippen LogP contribution in [-0.4, -0.2) is 65.9 Å². The van der Waals surface area contributed by atoms with Crippen molar-refractivity contribution in [2.45, 2.75) is 18.0 Å². The second-order valence-electron chi connectivity index (χ2n) is 7.82. The average Bonchev–Trinajstić information content (AvgIpc) is 3.50. The van der Waals surface area contributed by atoms with E-state index in [1.54, 1.807) is 6.07 Å². The molecular weight excluding hydrogens is 522 g/mol. The number of carbonyl (C=O) groups excluding carboxylic acids is 3. The van der Waals surface area contributed by atoms with Gasteiger partial charge in [0.05, 0.1) is 17.9 Å². The molecule has 0 saturated carbocycles. The Morgan fingerprint density at radius 3 is 2.97 bits per heavy atom. The minimum atomic E-state index is -1.48. The number of aromatic nitrogens is 4. The predicted octanol–water partition coefficient (Wildman–Crippen LogP) is -1.99. The summed E-state index contributed by atoms with van der Waals surface area (Å²) in [6.07, 6.45) is 5.54. The van der Waals surface area contributed by atoms with Crippen molar-refractivity contribution >= 4 is 57.6 Å². The van der Waals surface area contributed by atoms with Crippen LogP contribution in [0, 0.1) is 11.3 Å². The molecule has 2 aliphatic heterocycles. The largest absolute Gasteiger partial charge is 0.543 e. The van der Waals surface area contributed by atoms with E-state index >= 15 is 0 Å². The molecule has 3 aromatic rings. The van der Waals surface area contributed by atoms with Gasteiger partial charge in [-0.3, -0.25) is 14.5 Å². The lowest BCUT2D eigenvalue weighted by Crippen LogP contribution is -2.71. The van der Waals surface area contributed by atoms with Crippen LogP contribution in [0.3, 0.4) is 0 Å². The fraction of sp³-hybridized carbons (Fsp3) is 0.238. The van der Waals surface area contributed by atoms with Gasteiger partial charge in [-0.05, 0) is 6.07 Å². The highest BCUT2D eigenvalue weighted by molar-refractivity contribution is 8.00. The number of carboxylic acid groups (broad SMARTS) is 1. The monoisotopic (exact) mass is 539 g/mol. The molecule has 37 heavy (non-hydrogen) atoms. The Balaban J connectivity index is 1.36. The Morgan fingerprint density at radius 2 is 2.24 bits per heavy atom. The number of carbonyl (C=O) groups is 3. The van der Waals surface area contributed by atoms with Gasteiger partial charge in [-0.15, -0.1) is 11.8 Å². The average molecular weight is 540 g/mol. The van der Waals surface area contributed by atoms with E-state index in [0.717, 1.165) is 22.1 Å². The molecule has 2 atom stereocenters. The summed E-state index contributed by atoms with van der Waals surface area (Å²) in [4.78, 5) is 47.9. The number of aliphatic carboxylic acids is 1. The Bertz CT molecular complexity index is 1520. The van der Waals surface area contributed by atoms with E-state index in [-0.39, 0.29) is 28.9 Å². The third-order valence-corrected chi connectivity index (χ3v) is 7.49. The number of nitrogen functional groups attached to an aromatic ring is 1. The zero-order chi connectivity index (χ0) is 26.1. The predicted molar refractivity (Wildman–Crippen MR) is 127 cm³/mol. The zero-order valence-electron chi connectivity index (χ0n) is 18.8. The molecule has 1 saturated heterocycles. The molecule has 0 bridgehead atoms. The van der Waals surface area contributed by atoms with Crippen LogP contribution in [0.5, 0.6) is 0 Å². The van der Waals surface area contributed by atoms with E-state index in [1.807, 2.05) is 45.8 Å². The molecule has 5 heterocycles. The number of hydrogen-bond acceptors (Lipinski definition) is 12. The molecule has 5 rings (SSSR count). The number of nitrogens with zero attached hydrogens (tertiary/aromatic N) is 7. The summed E-state index contributed by atoms with van der Waals surface area (Å²) in [5.41, 5.74) is 6.37. The van der Waals surface area contributed by atoms with E-state index in [2.05, 4.69) is 19.8 Å². The van der Waals surface area contributed by atoms with Crippen molar-refractivity contribution in [2.75, 3.05) is 18.1 Å². The van der Waals surface area contributed by atoms with Gasteiger partial charge in [0.15, 0.2) is 5.13 Å². The maximum Gasteiger partial charge on any atom is 0.286 e. The normalized spacial score (nSPS) is 19.3. The van der Waals surface area contributed by atoms with Crippen molar-refractivity contribution in [3.63, 3.8) is 0 Å². The van der Waals surface area contributed by atoms with Gasteiger partial charge in [-0.25, -0.2) is 8.97 Å². The number of nitrogens with one attached hydrogen (secondary N) is 1. The quantitative estimate of drug-likeness (QED) is 0.106. The van der Waals surface area contributed by atoms with Gasteiger partial charge < -0.3 is 25.8 Å². The van der Waals surface area contributed by atoms with E-state index in [9.17, 15) is 19.5 Å². The number of thioether (sulfide) groups is 1. The molecule has 2 amide bonds. The number of nitriles is 1. The Hall–Kier alpha value is -4.49. The number of imidazole rings is 1. The van der Waals surface area contributed by atoms with Gasteiger partial charge in [0.2, 0.25) is 18.1 Å². The number of carboxylic acids is 1. The zero-order valence-corrected chi connectivity index (χ0v) is 20.4. The second kappa shape index (κ2) is 9.87. The van der Waals surface area contributed by atoms with Crippen LogP contribution in [0.1, 0.15) is 5.82 Å². The van der Waals surface area contributed by atoms with Crippen molar-refractivity contribution in [1.29, 1.82) is 5.26 Å². The van der Waals surface area contributed by atoms with Crippen LogP contribution in [0.25, 0.3) is 5.65 Å². The third kappa shape index (κ3) is 4.45. The smallest absolute Gasteiger partial charge is 0.286 e. The first-order valence-electron chi connectivity index (χ1n) is 10.7. The van der Waals surface area contributed by atoms with Gasteiger partial charge in [0, 0.05) is 28.9 Å². The molecule has 2 unspecified atom stereocenters. The lowest BCUT2D eigenvalue weighted by atomic mass is 10.0. The van der Waals surface area contributed by atoms with Crippen LogP contribution >= 0.6 is 23.3 Å². The number of β-lactam (4-membered cyclic amide) rings is 1. The summed E-state index contributed by atoms with van der Waals surface area (Å²) in [5, 5.41) is 26.3. The summed E-state index contributed by atoms with van der Waals surface area (Å²) >= 11 is 2.14.